The van der Waals surface area contributed by atoms with E-state index < -0.39 is 0 Å². The van der Waals surface area contributed by atoms with E-state index in [0.29, 0.717) is 36.8 Å². The summed E-state index contributed by atoms with van der Waals surface area (Å²) in [7, 11) is 0. The molecule has 1 amide bonds. The third-order valence-electron chi connectivity index (χ3n) is 3.03. The maximum Gasteiger partial charge on any atom is 0.251 e. The molecule has 0 atom stereocenters. The van der Waals surface area contributed by atoms with Crippen molar-refractivity contribution in [2.45, 2.75) is 13.5 Å². The second kappa shape index (κ2) is 8.58. The van der Waals surface area contributed by atoms with Gasteiger partial charge in [0, 0.05) is 30.1 Å². The molecule has 23 heavy (non-hydrogen) atoms. The second-order valence-electron chi connectivity index (χ2n) is 4.74. The molecule has 0 saturated heterocycles. The lowest BCUT2D eigenvalue weighted by atomic mass is 10.2. The number of carbonyl (C=O) groups excluding carboxylic acids is 1. The van der Waals surface area contributed by atoms with E-state index in [-0.39, 0.29) is 5.91 Å². The Kier molecular flexibility index (Phi) is 6.17. The largest absolute Gasteiger partial charge is 0.490 e. The number of aromatic nitrogens is 1. The van der Waals surface area contributed by atoms with Crippen LogP contribution in [0.4, 0.5) is 0 Å². The van der Waals surface area contributed by atoms with Crippen LogP contribution in [0.2, 0.25) is 0 Å². The quantitative estimate of drug-likeness (QED) is 0.761. The number of ether oxygens (including phenoxy) is 2. The molecule has 0 spiro atoms. The van der Waals surface area contributed by atoms with E-state index in [9.17, 15) is 4.79 Å². The number of benzene rings is 1. The first-order chi connectivity index (χ1) is 11.2. The number of rotatable bonds is 8. The summed E-state index contributed by atoms with van der Waals surface area (Å²) >= 11 is 0. The molecule has 120 valence electrons. The lowest BCUT2D eigenvalue weighted by Gasteiger charge is -2.13. The number of hydrogen-bond acceptors (Lipinski definition) is 4. The summed E-state index contributed by atoms with van der Waals surface area (Å²) in [5.74, 6) is 0.961. The van der Waals surface area contributed by atoms with Crippen LogP contribution in [0, 0.1) is 0 Å². The predicted octanol–water partition coefficient (Wildman–Crippen LogP) is 2.98. The summed E-state index contributed by atoms with van der Waals surface area (Å²) < 4.78 is 11.4. The Bertz CT molecular complexity index is 657. The van der Waals surface area contributed by atoms with Gasteiger partial charge in [-0.05, 0) is 31.2 Å². The van der Waals surface area contributed by atoms with E-state index >= 15 is 0 Å². The van der Waals surface area contributed by atoms with E-state index in [1.165, 1.54) is 0 Å². The molecular formula is C18H20N2O3. The Morgan fingerprint density at radius 1 is 1.30 bits per heavy atom. The van der Waals surface area contributed by atoms with Crippen LogP contribution in [-0.4, -0.2) is 24.0 Å². The molecule has 0 saturated carbocycles. The molecule has 1 aromatic heterocycles. The van der Waals surface area contributed by atoms with Gasteiger partial charge in [0.2, 0.25) is 0 Å². The highest BCUT2D eigenvalue weighted by atomic mass is 16.5. The number of nitrogens with one attached hydrogen (secondary N) is 1. The maximum atomic E-state index is 12.0. The smallest absolute Gasteiger partial charge is 0.251 e. The molecule has 2 aromatic rings. The first kappa shape index (κ1) is 16.5. The molecule has 5 heteroatoms. The van der Waals surface area contributed by atoms with Gasteiger partial charge in [0.15, 0.2) is 11.5 Å². The number of carbonyl (C=O) groups is 1. The third-order valence-corrected chi connectivity index (χ3v) is 3.03. The van der Waals surface area contributed by atoms with Crippen LogP contribution in [0.1, 0.15) is 22.8 Å². The fraction of sp³-hybridized carbons (Fsp3) is 0.222. The van der Waals surface area contributed by atoms with Gasteiger partial charge in [-0.2, -0.15) is 0 Å². The van der Waals surface area contributed by atoms with Gasteiger partial charge in [0.05, 0.1) is 6.61 Å². The highest BCUT2D eigenvalue weighted by Gasteiger charge is 2.11. The van der Waals surface area contributed by atoms with E-state index in [0.717, 1.165) is 5.56 Å². The molecule has 5 nitrogen and oxygen atoms in total. The van der Waals surface area contributed by atoms with Crippen LogP contribution in [-0.2, 0) is 6.61 Å². The minimum Gasteiger partial charge on any atom is -0.490 e. The van der Waals surface area contributed by atoms with E-state index in [2.05, 4.69) is 16.9 Å². The zero-order valence-corrected chi connectivity index (χ0v) is 13.1. The van der Waals surface area contributed by atoms with E-state index in [1.54, 1.807) is 36.7 Å². The molecule has 0 aliphatic heterocycles. The van der Waals surface area contributed by atoms with Crippen LogP contribution in [0.3, 0.4) is 0 Å². The van der Waals surface area contributed by atoms with Crippen LogP contribution in [0.25, 0.3) is 0 Å². The van der Waals surface area contributed by atoms with Crippen LogP contribution < -0.4 is 14.8 Å². The Morgan fingerprint density at radius 2 is 2.17 bits per heavy atom. The number of hydrogen-bond donors (Lipinski definition) is 1. The van der Waals surface area contributed by atoms with Gasteiger partial charge in [-0.1, -0.05) is 12.1 Å². The topological polar surface area (TPSA) is 60.5 Å². The van der Waals surface area contributed by atoms with Crippen LogP contribution in [0.5, 0.6) is 11.5 Å². The zero-order valence-electron chi connectivity index (χ0n) is 13.1. The summed E-state index contributed by atoms with van der Waals surface area (Å²) in [6.07, 6.45) is 5.09. The highest BCUT2D eigenvalue weighted by molar-refractivity contribution is 5.94. The average molecular weight is 312 g/mol. The fourth-order valence-corrected chi connectivity index (χ4v) is 1.95. The maximum absolute atomic E-state index is 12.0. The molecule has 0 unspecified atom stereocenters. The first-order valence-electron chi connectivity index (χ1n) is 7.42. The summed E-state index contributed by atoms with van der Waals surface area (Å²) in [5, 5.41) is 2.73. The highest BCUT2D eigenvalue weighted by Crippen LogP contribution is 2.29. The molecule has 1 aromatic carbocycles. The molecule has 1 heterocycles. The van der Waals surface area contributed by atoms with Crippen molar-refractivity contribution in [3.05, 3.63) is 66.5 Å². The molecule has 0 aliphatic carbocycles. The SMILES string of the molecule is C=CCNC(=O)c1ccc(OCc2cccnc2)c(OCC)c1. The normalized spacial score (nSPS) is 9.96. The van der Waals surface area contributed by atoms with Gasteiger partial charge in [-0.15, -0.1) is 6.58 Å². The summed E-state index contributed by atoms with van der Waals surface area (Å²) in [4.78, 5) is 16.0. The lowest BCUT2D eigenvalue weighted by molar-refractivity contribution is 0.0957. The summed E-state index contributed by atoms with van der Waals surface area (Å²) in [5.41, 5.74) is 1.48. The number of amides is 1. The van der Waals surface area contributed by atoms with Crippen molar-refractivity contribution >= 4 is 5.91 Å². The van der Waals surface area contributed by atoms with Crippen molar-refractivity contribution in [1.29, 1.82) is 0 Å². The third kappa shape index (κ3) is 4.85. The van der Waals surface area contributed by atoms with Crippen molar-refractivity contribution in [1.82, 2.24) is 10.3 Å². The summed E-state index contributed by atoms with van der Waals surface area (Å²) in [6, 6.07) is 8.92. The number of nitrogens with zero attached hydrogens (tertiary/aromatic N) is 1. The van der Waals surface area contributed by atoms with Crippen molar-refractivity contribution in [3.63, 3.8) is 0 Å². The van der Waals surface area contributed by atoms with Crippen molar-refractivity contribution < 1.29 is 14.3 Å². The minimum absolute atomic E-state index is 0.176. The zero-order chi connectivity index (χ0) is 16.5. The Balaban J connectivity index is 2.12. The Hall–Kier alpha value is -2.82. The van der Waals surface area contributed by atoms with Gasteiger partial charge >= 0.3 is 0 Å². The van der Waals surface area contributed by atoms with Gasteiger partial charge < -0.3 is 14.8 Å². The molecule has 0 aliphatic rings. The van der Waals surface area contributed by atoms with Gasteiger partial charge in [-0.3, -0.25) is 9.78 Å². The standard InChI is InChI=1S/C18H20N2O3/c1-3-9-20-18(21)15-7-8-16(17(11-15)22-4-2)23-13-14-6-5-10-19-12-14/h3,5-8,10-12H,1,4,9,13H2,2H3,(H,20,21). The van der Waals surface area contributed by atoms with Crippen LogP contribution >= 0.6 is 0 Å². The molecule has 0 bridgehead atoms. The average Bonchev–Trinajstić information content (AvgIpc) is 2.59. The van der Waals surface area contributed by atoms with Crippen LogP contribution in [0.15, 0.2) is 55.4 Å². The fourth-order valence-electron chi connectivity index (χ4n) is 1.95. The van der Waals surface area contributed by atoms with Gasteiger partial charge in [0.1, 0.15) is 6.61 Å². The first-order valence-corrected chi connectivity index (χ1v) is 7.42. The second-order valence-corrected chi connectivity index (χ2v) is 4.74. The predicted molar refractivity (Wildman–Crippen MR) is 88.7 cm³/mol. The Labute approximate surface area is 136 Å². The van der Waals surface area contributed by atoms with Crippen molar-refractivity contribution in [2.75, 3.05) is 13.2 Å². The van der Waals surface area contributed by atoms with Crippen molar-refractivity contribution in [2.24, 2.45) is 0 Å². The monoisotopic (exact) mass is 312 g/mol. The van der Waals surface area contributed by atoms with Gasteiger partial charge in [-0.25, -0.2) is 0 Å². The minimum atomic E-state index is -0.176. The number of pyridine rings is 1. The Morgan fingerprint density at radius 3 is 2.87 bits per heavy atom. The van der Waals surface area contributed by atoms with E-state index in [1.807, 2.05) is 19.1 Å². The molecular weight excluding hydrogens is 292 g/mol. The van der Waals surface area contributed by atoms with E-state index in [4.69, 9.17) is 9.47 Å². The van der Waals surface area contributed by atoms with Gasteiger partial charge in [0.25, 0.3) is 5.91 Å². The summed E-state index contributed by atoms with van der Waals surface area (Å²) in [6.45, 7) is 6.75. The lowest BCUT2D eigenvalue weighted by Crippen LogP contribution is -2.23. The molecule has 1 N–H and O–H groups in total. The molecule has 0 radical (unpaired) electrons. The molecule has 0 fully saturated rings. The molecule has 2 rings (SSSR count). The van der Waals surface area contributed by atoms with Crippen molar-refractivity contribution in [3.8, 4) is 11.5 Å².